The fourth-order valence-electron chi connectivity index (χ4n) is 2.36. The number of rotatable bonds is 9. The van der Waals surface area contributed by atoms with E-state index in [1.807, 2.05) is 20.8 Å². The summed E-state index contributed by atoms with van der Waals surface area (Å²) in [5.41, 5.74) is -1.03. The Labute approximate surface area is 190 Å². The molecule has 0 bridgehead atoms. The molecule has 1 aliphatic heterocycles. The standard InChI is InChI=1S/C10H18N2O4S.C9H19N3O2/c1-6(2)15-9(14)8(11-7(3)13)10(4,5)16-12-17;1-9(2,3)8-14-10-12(13)11-6-4-5-7-11/h6,8H,1-5H3,(H,11,13);4-8H2,1-3H3/b;12-10-. The number of hydrogen-bond donors (Lipinski definition) is 1. The molecule has 0 aliphatic carbocycles. The Kier molecular flexibility index (Phi) is 12.3. The number of hydrogen-bond acceptors (Lipinski definition) is 9. The van der Waals surface area contributed by atoms with Crippen LogP contribution in [0.4, 0.5) is 0 Å². The number of amides is 1. The van der Waals surface area contributed by atoms with E-state index in [2.05, 4.69) is 27.5 Å². The molecule has 1 aliphatic rings. The van der Waals surface area contributed by atoms with E-state index in [1.54, 1.807) is 32.7 Å². The fraction of sp³-hybridized carbons (Fsp3) is 0.895. The molecule has 180 valence electrons. The van der Waals surface area contributed by atoms with Crippen molar-refractivity contribution in [1.29, 1.82) is 0 Å². The molecule has 1 rings (SSSR count). The first-order valence-corrected chi connectivity index (χ1v) is 10.6. The van der Waals surface area contributed by atoms with E-state index in [-0.39, 0.29) is 17.4 Å². The summed E-state index contributed by atoms with van der Waals surface area (Å²) in [4.78, 5) is 33.3. The average Bonchev–Trinajstić information content (AvgIpc) is 3.12. The van der Waals surface area contributed by atoms with Crippen molar-refractivity contribution in [2.75, 3.05) is 19.7 Å². The Hall–Kier alpha value is -2.24. The lowest BCUT2D eigenvalue weighted by Crippen LogP contribution is -2.55. The first-order valence-electron chi connectivity index (χ1n) is 10.2. The quantitative estimate of drug-likeness (QED) is 0.239. The second-order valence-corrected chi connectivity index (χ2v) is 9.37. The lowest BCUT2D eigenvalue weighted by molar-refractivity contribution is -0.707. The highest BCUT2D eigenvalue weighted by Gasteiger charge is 2.40. The second-order valence-electron chi connectivity index (χ2n) is 9.22. The molecule has 31 heavy (non-hydrogen) atoms. The number of hydrazine groups is 1. The minimum absolute atomic E-state index is 0.0371. The molecule has 1 unspecified atom stereocenters. The first kappa shape index (κ1) is 28.8. The smallest absolute Gasteiger partial charge is 0.333 e. The van der Waals surface area contributed by atoms with Crippen LogP contribution in [0.5, 0.6) is 0 Å². The molecule has 1 atom stereocenters. The van der Waals surface area contributed by atoms with Gasteiger partial charge in [-0.05, 0) is 50.5 Å². The zero-order valence-corrected chi connectivity index (χ0v) is 20.7. The van der Waals surface area contributed by atoms with E-state index in [9.17, 15) is 14.8 Å². The van der Waals surface area contributed by atoms with Crippen molar-refractivity contribution in [2.24, 2.45) is 15.2 Å². The lowest BCUT2D eigenvalue weighted by Gasteiger charge is -2.30. The third-order valence-electron chi connectivity index (χ3n) is 3.85. The van der Waals surface area contributed by atoms with Crippen molar-refractivity contribution in [3.63, 3.8) is 0 Å². The van der Waals surface area contributed by atoms with Gasteiger partial charge in [0.15, 0.2) is 11.6 Å². The molecule has 0 aromatic heterocycles. The minimum Gasteiger partial charge on any atom is -0.569 e. The molecular formula is C19H37N5O6S. The van der Waals surface area contributed by atoms with Crippen LogP contribution < -0.4 is 5.32 Å². The van der Waals surface area contributed by atoms with Crippen LogP contribution in [-0.2, 0) is 36.4 Å². The van der Waals surface area contributed by atoms with Crippen molar-refractivity contribution < 1.29 is 29.0 Å². The summed E-state index contributed by atoms with van der Waals surface area (Å²) < 4.78 is 8.16. The molecule has 0 aromatic carbocycles. The third kappa shape index (κ3) is 12.9. The van der Waals surface area contributed by atoms with Crippen LogP contribution in [0.25, 0.3) is 0 Å². The molecule has 0 radical (unpaired) electrons. The van der Waals surface area contributed by atoms with Crippen LogP contribution in [-0.4, -0.2) is 59.3 Å². The van der Waals surface area contributed by atoms with Crippen LogP contribution in [0.1, 0.15) is 68.2 Å². The van der Waals surface area contributed by atoms with Gasteiger partial charge in [-0.2, -0.15) is 0 Å². The zero-order valence-electron chi connectivity index (χ0n) is 19.8. The van der Waals surface area contributed by atoms with Crippen LogP contribution in [0.3, 0.4) is 0 Å². The van der Waals surface area contributed by atoms with Gasteiger partial charge >= 0.3 is 5.97 Å². The summed E-state index contributed by atoms with van der Waals surface area (Å²) in [6.45, 7) is 16.0. The summed E-state index contributed by atoms with van der Waals surface area (Å²) in [5.74, 6) is -0.949. The molecular weight excluding hydrogens is 426 g/mol. The Balaban J connectivity index is 0.000000590. The molecule has 0 aromatic rings. The first-order chi connectivity index (χ1) is 14.2. The summed E-state index contributed by atoms with van der Waals surface area (Å²) in [6, 6.07) is -0.964. The average molecular weight is 464 g/mol. The summed E-state index contributed by atoms with van der Waals surface area (Å²) in [7, 11) is 0. The number of nitrogens with zero attached hydrogens (tertiary/aromatic N) is 4. The van der Waals surface area contributed by atoms with E-state index < -0.39 is 17.6 Å². The molecule has 0 saturated carbocycles. The van der Waals surface area contributed by atoms with Gasteiger partial charge in [0.1, 0.15) is 6.61 Å². The van der Waals surface area contributed by atoms with E-state index in [1.165, 1.54) is 6.92 Å². The predicted octanol–water partition coefficient (Wildman–Crippen LogP) is 2.82. The molecule has 12 heteroatoms. The Morgan fingerprint density at radius 3 is 2.16 bits per heavy atom. The zero-order chi connectivity index (χ0) is 24.2. The van der Waals surface area contributed by atoms with Crippen LogP contribution in [0, 0.1) is 10.6 Å². The van der Waals surface area contributed by atoms with Crippen LogP contribution in [0.2, 0.25) is 0 Å². The molecule has 1 saturated heterocycles. The largest absolute Gasteiger partial charge is 0.569 e. The van der Waals surface area contributed by atoms with E-state index in [0.717, 1.165) is 25.9 Å². The highest BCUT2D eigenvalue weighted by Crippen LogP contribution is 2.17. The van der Waals surface area contributed by atoms with Gasteiger partial charge in [0.25, 0.3) is 0 Å². The predicted molar refractivity (Wildman–Crippen MR) is 116 cm³/mol. The third-order valence-corrected chi connectivity index (χ3v) is 3.93. The summed E-state index contributed by atoms with van der Waals surface area (Å²) >= 11 is 4.35. The normalized spacial score (nSPS) is 15.5. The number of esters is 1. The van der Waals surface area contributed by atoms with Crippen molar-refractivity contribution in [1.82, 2.24) is 10.3 Å². The van der Waals surface area contributed by atoms with Gasteiger partial charge in [-0.25, -0.2) is 4.79 Å². The second kappa shape index (κ2) is 13.2. The van der Waals surface area contributed by atoms with Gasteiger partial charge in [-0.1, -0.05) is 20.8 Å². The van der Waals surface area contributed by atoms with Crippen molar-refractivity contribution in [2.45, 2.75) is 86.0 Å². The number of carbonyl (C=O) groups is 2. The molecule has 11 nitrogen and oxygen atoms in total. The maximum atomic E-state index is 11.8. The number of carbonyl (C=O) groups excluding carboxylic acids is 2. The Morgan fingerprint density at radius 2 is 1.74 bits per heavy atom. The fourth-order valence-corrected chi connectivity index (χ4v) is 2.56. The van der Waals surface area contributed by atoms with Crippen LogP contribution >= 0.6 is 0 Å². The SMILES string of the molecule is CC(=O)NC(C(=O)OC(C)C)C(C)(C)ON=S.CC(C)(C)CO/N=[N+](\[O-])N1CCCC1. The summed E-state index contributed by atoms with van der Waals surface area (Å²) in [6.07, 6.45) is 1.84. The van der Waals surface area contributed by atoms with Gasteiger partial charge in [0.2, 0.25) is 11.2 Å². The van der Waals surface area contributed by atoms with E-state index in [4.69, 9.17) is 14.4 Å². The molecule has 1 heterocycles. The lowest BCUT2D eigenvalue weighted by atomic mass is 9.99. The van der Waals surface area contributed by atoms with E-state index in [0.29, 0.717) is 11.6 Å². The topological polar surface area (TPSA) is 128 Å². The van der Waals surface area contributed by atoms with Crippen molar-refractivity contribution in [3.05, 3.63) is 5.21 Å². The minimum atomic E-state index is -1.07. The molecule has 1 amide bonds. The summed E-state index contributed by atoms with van der Waals surface area (Å²) in [5, 5.41) is 18.9. The van der Waals surface area contributed by atoms with Crippen molar-refractivity contribution >= 4 is 24.3 Å². The Morgan fingerprint density at radius 1 is 1.19 bits per heavy atom. The van der Waals surface area contributed by atoms with E-state index >= 15 is 0 Å². The van der Waals surface area contributed by atoms with Gasteiger partial charge in [0.05, 0.1) is 36.6 Å². The van der Waals surface area contributed by atoms with Gasteiger partial charge in [0, 0.05) is 6.92 Å². The molecule has 1 fully saturated rings. The maximum absolute atomic E-state index is 11.8. The molecule has 0 spiro atoms. The highest BCUT2D eigenvalue weighted by molar-refractivity contribution is 7.47. The maximum Gasteiger partial charge on any atom is 0.333 e. The van der Waals surface area contributed by atoms with Gasteiger partial charge < -0.3 is 24.9 Å². The van der Waals surface area contributed by atoms with Crippen LogP contribution in [0.15, 0.2) is 9.80 Å². The monoisotopic (exact) mass is 463 g/mol. The van der Waals surface area contributed by atoms with Crippen molar-refractivity contribution in [3.8, 4) is 0 Å². The Bertz CT molecular complexity index is 615. The number of nitrogens with one attached hydrogen (secondary N) is 1. The van der Waals surface area contributed by atoms with Gasteiger partial charge in [-0.3, -0.25) is 4.79 Å². The molecule has 1 N–H and O–H groups in total. The number of ether oxygens (including phenoxy) is 1. The highest BCUT2D eigenvalue weighted by atomic mass is 32.1. The van der Waals surface area contributed by atoms with Gasteiger partial charge in [-0.15, -0.1) is 5.01 Å².